The summed E-state index contributed by atoms with van der Waals surface area (Å²) >= 11 is 0. The van der Waals surface area contributed by atoms with Crippen LogP contribution in [0.25, 0.3) is 11.3 Å². The van der Waals surface area contributed by atoms with Gasteiger partial charge in [-0.05, 0) is 25.1 Å². The molecule has 128 valence electrons. The first-order valence-corrected chi connectivity index (χ1v) is 7.15. The van der Waals surface area contributed by atoms with E-state index in [0.717, 1.165) is 4.68 Å². The molecule has 0 aliphatic heterocycles. The molecule has 2 heterocycles. The molecule has 0 saturated heterocycles. The highest BCUT2D eigenvalue weighted by atomic mass is 19.4. The Morgan fingerprint density at radius 3 is 2.58 bits per heavy atom. The second kappa shape index (κ2) is 7.24. The number of carbonyl (C=O) groups excluding carboxylic acids is 1. The summed E-state index contributed by atoms with van der Waals surface area (Å²) in [6, 6.07) is 5.36. The van der Waals surface area contributed by atoms with Gasteiger partial charge in [-0.15, -0.1) is 0 Å². The quantitative estimate of drug-likeness (QED) is 0.896. The fourth-order valence-electron chi connectivity index (χ4n) is 1.99. The lowest BCUT2D eigenvalue weighted by molar-refractivity contribution is -0.127. The van der Waals surface area contributed by atoms with E-state index < -0.39 is 18.2 Å². The van der Waals surface area contributed by atoms with Gasteiger partial charge in [-0.1, -0.05) is 0 Å². The Kier molecular flexibility index (Phi) is 5.32. The van der Waals surface area contributed by atoms with Crippen LogP contribution in [0, 0.1) is 0 Å². The molecule has 0 aromatic carbocycles. The minimum atomic E-state index is -4.33. The summed E-state index contributed by atoms with van der Waals surface area (Å²) in [5.74, 6) is -0.358. The normalized spacial score (nSPS) is 11.3. The second-order valence-corrected chi connectivity index (χ2v) is 5.00. The summed E-state index contributed by atoms with van der Waals surface area (Å²) in [6.07, 6.45) is -4.19. The van der Waals surface area contributed by atoms with E-state index in [9.17, 15) is 22.8 Å². The van der Waals surface area contributed by atoms with Crippen molar-refractivity contribution in [2.24, 2.45) is 0 Å². The molecule has 0 aliphatic carbocycles. The zero-order valence-electron chi connectivity index (χ0n) is 12.8. The highest BCUT2D eigenvalue weighted by Crippen LogP contribution is 2.21. The van der Waals surface area contributed by atoms with Crippen LogP contribution in [0.2, 0.25) is 0 Å². The Bertz CT molecular complexity index is 770. The zero-order chi connectivity index (χ0) is 17.7. The molecule has 2 rings (SSSR count). The van der Waals surface area contributed by atoms with E-state index >= 15 is 0 Å². The number of amides is 1. The second-order valence-electron chi connectivity index (χ2n) is 5.00. The number of nitrogens with one attached hydrogen (secondary N) is 1. The van der Waals surface area contributed by atoms with Crippen LogP contribution in [0.1, 0.15) is 12.6 Å². The van der Waals surface area contributed by atoms with Gasteiger partial charge in [0.05, 0.1) is 12.1 Å². The molecule has 2 aromatic rings. The van der Waals surface area contributed by atoms with Crippen molar-refractivity contribution in [2.45, 2.75) is 26.1 Å². The van der Waals surface area contributed by atoms with Crippen molar-refractivity contribution < 1.29 is 18.0 Å². The molecule has 0 aliphatic rings. The summed E-state index contributed by atoms with van der Waals surface area (Å²) in [7, 11) is 0. The van der Waals surface area contributed by atoms with Crippen LogP contribution in [0.4, 0.5) is 13.2 Å². The van der Waals surface area contributed by atoms with E-state index in [1.165, 1.54) is 30.5 Å². The third kappa shape index (κ3) is 4.90. The number of aromatic nitrogens is 3. The van der Waals surface area contributed by atoms with Crippen LogP contribution >= 0.6 is 0 Å². The van der Waals surface area contributed by atoms with E-state index in [0.29, 0.717) is 17.8 Å². The molecule has 2 aromatic heterocycles. The van der Waals surface area contributed by atoms with Crippen molar-refractivity contribution in [2.75, 3.05) is 6.54 Å². The molecule has 24 heavy (non-hydrogen) atoms. The van der Waals surface area contributed by atoms with Crippen molar-refractivity contribution in [3.05, 3.63) is 46.5 Å². The summed E-state index contributed by atoms with van der Waals surface area (Å²) in [6.45, 7) is 1.94. The van der Waals surface area contributed by atoms with Crippen molar-refractivity contribution in [3.63, 3.8) is 0 Å². The maximum atomic E-state index is 12.3. The summed E-state index contributed by atoms with van der Waals surface area (Å²) in [5.41, 5.74) is 0.226. The van der Waals surface area contributed by atoms with Gasteiger partial charge in [0.2, 0.25) is 5.91 Å². The molecule has 0 fully saturated rings. The standard InChI is InChI=1S/C15H15F3N4O2/c1-2-19-13(23)9-22-14(24)6-5-12(21-22)10-3-4-11(20-8-10)7-15(16,17)18/h3-6,8H,2,7,9H2,1H3,(H,19,23). The van der Waals surface area contributed by atoms with Gasteiger partial charge in [-0.3, -0.25) is 14.6 Å². The highest BCUT2D eigenvalue weighted by Gasteiger charge is 2.28. The first kappa shape index (κ1) is 17.6. The first-order valence-electron chi connectivity index (χ1n) is 7.15. The molecule has 0 atom stereocenters. The molecule has 1 N–H and O–H groups in total. The van der Waals surface area contributed by atoms with Gasteiger partial charge in [0.1, 0.15) is 6.54 Å². The van der Waals surface area contributed by atoms with Crippen LogP contribution in [0.15, 0.2) is 35.3 Å². The van der Waals surface area contributed by atoms with E-state index in [2.05, 4.69) is 15.4 Å². The number of nitrogens with zero attached hydrogens (tertiary/aromatic N) is 3. The molecule has 0 spiro atoms. The number of likely N-dealkylation sites (N-methyl/N-ethyl adjacent to an activating group) is 1. The summed E-state index contributed by atoms with van der Waals surface area (Å²) in [4.78, 5) is 27.0. The Balaban J connectivity index is 2.23. The van der Waals surface area contributed by atoms with Gasteiger partial charge in [-0.2, -0.15) is 18.3 Å². The van der Waals surface area contributed by atoms with E-state index in [1.807, 2.05) is 0 Å². The van der Waals surface area contributed by atoms with Crippen LogP contribution in [0.5, 0.6) is 0 Å². The number of rotatable bonds is 5. The van der Waals surface area contributed by atoms with E-state index in [1.54, 1.807) is 6.92 Å². The average Bonchev–Trinajstić information content (AvgIpc) is 2.49. The lowest BCUT2D eigenvalue weighted by Crippen LogP contribution is -2.33. The van der Waals surface area contributed by atoms with Crippen molar-refractivity contribution in [3.8, 4) is 11.3 Å². The lowest BCUT2D eigenvalue weighted by Gasteiger charge is -2.08. The third-order valence-electron chi connectivity index (χ3n) is 3.04. The van der Waals surface area contributed by atoms with Gasteiger partial charge in [0.15, 0.2) is 0 Å². The minimum absolute atomic E-state index is 0.109. The molecule has 0 radical (unpaired) electrons. The average molecular weight is 340 g/mol. The molecule has 0 bridgehead atoms. The molecular formula is C15H15F3N4O2. The maximum Gasteiger partial charge on any atom is 0.394 e. The maximum absolute atomic E-state index is 12.3. The Morgan fingerprint density at radius 1 is 1.25 bits per heavy atom. The number of pyridine rings is 1. The van der Waals surface area contributed by atoms with Crippen LogP contribution in [0.3, 0.4) is 0 Å². The predicted octanol–water partition coefficient (Wildman–Crippen LogP) is 1.55. The van der Waals surface area contributed by atoms with Crippen LogP contribution < -0.4 is 10.9 Å². The third-order valence-corrected chi connectivity index (χ3v) is 3.04. The SMILES string of the molecule is CCNC(=O)Cn1nc(-c2ccc(CC(F)(F)F)nc2)ccc1=O. The van der Waals surface area contributed by atoms with Crippen molar-refractivity contribution in [1.82, 2.24) is 20.1 Å². The van der Waals surface area contributed by atoms with E-state index in [-0.39, 0.29) is 18.1 Å². The Morgan fingerprint density at radius 2 is 2.00 bits per heavy atom. The molecule has 1 amide bonds. The molecular weight excluding hydrogens is 325 g/mol. The highest BCUT2D eigenvalue weighted by molar-refractivity contribution is 5.75. The number of halogens is 3. The smallest absolute Gasteiger partial charge is 0.355 e. The largest absolute Gasteiger partial charge is 0.394 e. The Hall–Kier alpha value is -2.71. The summed E-state index contributed by atoms with van der Waals surface area (Å²) in [5, 5.41) is 6.60. The number of carbonyl (C=O) groups is 1. The van der Waals surface area contributed by atoms with Gasteiger partial charge in [0, 0.05) is 30.1 Å². The van der Waals surface area contributed by atoms with Gasteiger partial charge < -0.3 is 5.32 Å². The van der Waals surface area contributed by atoms with E-state index in [4.69, 9.17) is 0 Å². The Labute approximate surface area is 135 Å². The monoisotopic (exact) mass is 340 g/mol. The summed E-state index contributed by atoms with van der Waals surface area (Å²) < 4.78 is 37.9. The number of hydrogen-bond acceptors (Lipinski definition) is 4. The lowest BCUT2D eigenvalue weighted by atomic mass is 10.1. The molecule has 6 nitrogen and oxygen atoms in total. The molecule has 0 unspecified atom stereocenters. The van der Waals surface area contributed by atoms with Crippen LogP contribution in [-0.4, -0.2) is 33.4 Å². The molecule has 9 heteroatoms. The van der Waals surface area contributed by atoms with Gasteiger partial charge in [-0.25, -0.2) is 4.68 Å². The van der Waals surface area contributed by atoms with Gasteiger partial charge >= 0.3 is 6.18 Å². The fraction of sp³-hybridized carbons (Fsp3) is 0.333. The molecule has 0 saturated carbocycles. The predicted molar refractivity (Wildman–Crippen MR) is 80.2 cm³/mol. The minimum Gasteiger partial charge on any atom is -0.355 e. The number of hydrogen-bond donors (Lipinski definition) is 1. The van der Waals surface area contributed by atoms with Crippen molar-refractivity contribution >= 4 is 5.91 Å². The fourth-order valence-corrected chi connectivity index (χ4v) is 1.99. The van der Waals surface area contributed by atoms with Crippen LogP contribution in [-0.2, 0) is 17.8 Å². The number of alkyl halides is 3. The first-order chi connectivity index (χ1) is 11.3. The van der Waals surface area contributed by atoms with Crippen molar-refractivity contribution in [1.29, 1.82) is 0 Å². The zero-order valence-corrected chi connectivity index (χ0v) is 12.8. The van der Waals surface area contributed by atoms with Gasteiger partial charge in [0.25, 0.3) is 5.56 Å². The topological polar surface area (TPSA) is 76.9 Å².